The minimum absolute atomic E-state index is 0.00218. The van der Waals surface area contributed by atoms with Gasteiger partial charge < -0.3 is 5.11 Å². The summed E-state index contributed by atoms with van der Waals surface area (Å²) in [5, 5.41) is 10.6. The van der Waals surface area contributed by atoms with Crippen LogP contribution in [0.5, 0.6) is 5.75 Å². The van der Waals surface area contributed by atoms with Gasteiger partial charge >= 0.3 is 20.4 Å². The quantitative estimate of drug-likeness (QED) is 0.444. The van der Waals surface area contributed by atoms with Gasteiger partial charge in [0.15, 0.2) is 0 Å². The molecule has 0 unspecified atom stereocenters. The van der Waals surface area contributed by atoms with Crippen LogP contribution in [0, 0.1) is 0 Å². The zero-order chi connectivity index (χ0) is 23.1. The second kappa shape index (κ2) is 7.94. The lowest BCUT2D eigenvalue weighted by atomic mass is 10.1. The van der Waals surface area contributed by atoms with Crippen molar-refractivity contribution in [2.75, 3.05) is 17.8 Å². The molecule has 0 saturated carbocycles. The predicted octanol–water partition coefficient (Wildman–Crippen LogP) is 0.357. The molecule has 0 atom stereocenters. The van der Waals surface area contributed by atoms with E-state index in [1.807, 2.05) is 9.44 Å². The minimum Gasteiger partial charge on any atom is -0.506 e. The van der Waals surface area contributed by atoms with Gasteiger partial charge in [0.2, 0.25) is 10.0 Å². The normalized spacial score (nSPS) is 13.5. The van der Waals surface area contributed by atoms with E-state index in [1.54, 1.807) is 20.8 Å². The maximum Gasteiger partial charge on any atom is 0.315 e. The summed E-state index contributed by atoms with van der Waals surface area (Å²) < 4.78 is 81.5. The summed E-state index contributed by atoms with van der Waals surface area (Å²) in [6.07, 6.45) is 0. The van der Waals surface area contributed by atoms with E-state index in [0.717, 1.165) is 20.2 Å². The molecule has 2 aromatic rings. The lowest BCUT2D eigenvalue weighted by Crippen LogP contribution is -2.47. The molecule has 0 amide bonds. The Morgan fingerprint density at radius 3 is 1.83 bits per heavy atom. The van der Waals surface area contributed by atoms with Crippen LogP contribution in [0.4, 0.5) is 5.69 Å². The molecule has 0 aliphatic rings. The standard InChI is InChI=1S/C16H24N4O7S3/c1-16(2,3)19-28(22,23)14-10-9-11-12(15(14)21)7-6-8-13(11)20(29(24,25)17-4)30(26,27)18-5/h6-10,17-19,21H,1-5H3. The molecule has 0 heterocycles. The van der Waals surface area contributed by atoms with E-state index in [9.17, 15) is 30.4 Å². The molecule has 0 radical (unpaired) electrons. The Morgan fingerprint density at radius 2 is 1.37 bits per heavy atom. The third-order valence-electron chi connectivity index (χ3n) is 3.85. The summed E-state index contributed by atoms with van der Waals surface area (Å²) in [6, 6.07) is 6.16. The van der Waals surface area contributed by atoms with Crippen molar-refractivity contribution in [3.05, 3.63) is 30.3 Å². The van der Waals surface area contributed by atoms with Crippen molar-refractivity contribution in [2.24, 2.45) is 0 Å². The SMILES string of the molecule is CNS(=O)(=O)N(c1cccc2c(O)c(S(=O)(=O)NC(C)(C)C)ccc12)S(=O)(=O)NC. The first-order valence-electron chi connectivity index (χ1n) is 8.53. The van der Waals surface area contributed by atoms with E-state index in [1.165, 1.54) is 24.3 Å². The highest BCUT2D eigenvalue weighted by atomic mass is 32.3. The number of fused-ring (bicyclic) bond motifs is 1. The number of phenolic OH excluding ortho intramolecular Hbond substituents is 1. The van der Waals surface area contributed by atoms with E-state index < -0.39 is 46.6 Å². The molecule has 0 aromatic heterocycles. The summed E-state index contributed by atoms with van der Waals surface area (Å²) in [7, 11) is -11.1. The van der Waals surface area contributed by atoms with Crippen molar-refractivity contribution in [1.29, 1.82) is 0 Å². The molecule has 168 valence electrons. The van der Waals surface area contributed by atoms with Crippen molar-refractivity contribution in [1.82, 2.24) is 14.2 Å². The van der Waals surface area contributed by atoms with Gasteiger partial charge in [0.1, 0.15) is 10.6 Å². The Labute approximate surface area is 176 Å². The maximum absolute atomic E-state index is 12.6. The number of nitrogens with zero attached hydrogens (tertiary/aromatic N) is 1. The van der Waals surface area contributed by atoms with Crippen LogP contribution in [0.2, 0.25) is 0 Å². The lowest BCUT2D eigenvalue weighted by Gasteiger charge is -2.24. The fourth-order valence-corrected chi connectivity index (χ4v) is 6.87. The van der Waals surface area contributed by atoms with E-state index in [-0.39, 0.29) is 20.2 Å². The third kappa shape index (κ3) is 4.68. The van der Waals surface area contributed by atoms with Crippen molar-refractivity contribution in [3.8, 4) is 5.75 Å². The summed E-state index contributed by atoms with van der Waals surface area (Å²) in [5.74, 6) is -0.644. The third-order valence-corrected chi connectivity index (χ3v) is 9.12. The zero-order valence-corrected chi connectivity index (χ0v) is 19.4. The van der Waals surface area contributed by atoms with E-state index in [2.05, 4.69) is 4.72 Å². The van der Waals surface area contributed by atoms with E-state index in [4.69, 9.17) is 0 Å². The van der Waals surface area contributed by atoms with Crippen LogP contribution < -0.4 is 17.9 Å². The molecule has 0 spiro atoms. The molecule has 0 bridgehead atoms. The van der Waals surface area contributed by atoms with Crippen LogP contribution in [-0.4, -0.2) is 50.0 Å². The van der Waals surface area contributed by atoms with Gasteiger partial charge in [0, 0.05) is 30.4 Å². The lowest BCUT2D eigenvalue weighted by molar-refractivity contribution is 0.458. The fourth-order valence-electron chi connectivity index (χ4n) is 2.69. The van der Waals surface area contributed by atoms with Gasteiger partial charge in [-0.05, 0) is 32.9 Å². The molecule has 11 nitrogen and oxygen atoms in total. The number of aromatic hydroxyl groups is 1. The number of nitrogens with one attached hydrogen (secondary N) is 3. The minimum atomic E-state index is -4.53. The number of rotatable bonds is 7. The first-order chi connectivity index (χ1) is 13.6. The largest absolute Gasteiger partial charge is 0.506 e. The number of hydrogen-bond acceptors (Lipinski definition) is 7. The highest BCUT2D eigenvalue weighted by molar-refractivity contribution is 8.08. The molecular weight excluding hydrogens is 456 g/mol. The van der Waals surface area contributed by atoms with Gasteiger partial charge in [-0.1, -0.05) is 18.2 Å². The smallest absolute Gasteiger partial charge is 0.315 e. The van der Waals surface area contributed by atoms with Gasteiger partial charge in [-0.2, -0.15) is 26.3 Å². The molecule has 0 aliphatic heterocycles. The van der Waals surface area contributed by atoms with Crippen LogP contribution in [-0.2, 0) is 30.4 Å². The molecule has 30 heavy (non-hydrogen) atoms. The first-order valence-corrected chi connectivity index (χ1v) is 12.9. The van der Waals surface area contributed by atoms with Gasteiger partial charge in [0.05, 0.1) is 5.69 Å². The van der Waals surface area contributed by atoms with Crippen molar-refractivity contribution < 1.29 is 30.4 Å². The van der Waals surface area contributed by atoms with Crippen molar-refractivity contribution in [2.45, 2.75) is 31.2 Å². The van der Waals surface area contributed by atoms with Crippen LogP contribution in [0.25, 0.3) is 10.8 Å². The Hall–Kier alpha value is -1.97. The maximum atomic E-state index is 12.6. The molecule has 4 N–H and O–H groups in total. The average Bonchev–Trinajstić information content (AvgIpc) is 2.60. The molecular formula is C16H24N4O7S3. The monoisotopic (exact) mass is 480 g/mol. The topological polar surface area (TPSA) is 162 Å². The fraction of sp³-hybridized carbons (Fsp3) is 0.375. The Bertz CT molecular complexity index is 1250. The second-order valence-electron chi connectivity index (χ2n) is 7.26. The predicted molar refractivity (Wildman–Crippen MR) is 114 cm³/mol. The Morgan fingerprint density at radius 1 is 0.833 bits per heavy atom. The summed E-state index contributed by atoms with van der Waals surface area (Å²) in [6.45, 7) is 4.89. The molecule has 14 heteroatoms. The van der Waals surface area contributed by atoms with Gasteiger partial charge in [-0.3, -0.25) is 0 Å². The zero-order valence-electron chi connectivity index (χ0n) is 17.0. The number of hydrogen-bond donors (Lipinski definition) is 4. The second-order valence-corrected chi connectivity index (χ2v) is 12.6. The summed E-state index contributed by atoms with van der Waals surface area (Å²) in [5.41, 5.74) is -1.13. The first kappa shape index (κ1) is 24.3. The molecule has 2 aromatic carbocycles. The highest BCUT2D eigenvalue weighted by Gasteiger charge is 2.34. The Kier molecular flexibility index (Phi) is 6.43. The van der Waals surface area contributed by atoms with Gasteiger partial charge in [-0.25, -0.2) is 13.1 Å². The van der Waals surface area contributed by atoms with E-state index >= 15 is 0 Å². The van der Waals surface area contributed by atoms with Crippen molar-refractivity contribution >= 4 is 46.9 Å². The molecule has 0 aliphatic carbocycles. The summed E-state index contributed by atoms with van der Waals surface area (Å²) >= 11 is 0. The molecule has 2 rings (SSSR count). The van der Waals surface area contributed by atoms with E-state index in [0.29, 0.717) is 0 Å². The Balaban J connectivity index is 2.85. The molecule has 0 saturated heterocycles. The summed E-state index contributed by atoms with van der Waals surface area (Å²) in [4.78, 5) is -0.429. The van der Waals surface area contributed by atoms with Crippen LogP contribution in [0.1, 0.15) is 20.8 Å². The van der Waals surface area contributed by atoms with Gasteiger partial charge in [0.25, 0.3) is 0 Å². The number of sulfonamides is 1. The highest BCUT2D eigenvalue weighted by Crippen LogP contribution is 2.38. The number of phenols is 1. The van der Waals surface area contributed by atoms with Gasteiger partial charge in [-0.15, -0.1) is 3.71 Å². The number of anilines is 1. The van der Waals surface area contributed by atoms with Crippen molar-refractivity contribution in [3.63, 3.8) is 0 Å². The van der Waals surface area contributed by atoms with Crippen LogP contribution in [0.15, 0.2) is 35.2 Å². The number of benzene rings is 2. The van der Waals surface area contributed by atoms with Crippen LogP contribution in [0.3, 0.4) is 0 Å². The molecule has 0 fully saturated rings. The van der Waals surface area contributed by atoms with Crippen LogP contribution >= 0.6 is 0 Å². The average molecular weight is 481 g/mol.